The molecule has 6 heteroatoms. The molecule has 6 nitrogen and oxygen atoms in total. The SMILES string of the molecule is CN1CCCC1CNc1cc(C#N)ccc1[N+](=O)[O-]. The third-order valence-corrected chi connectivity index (χ3v) is 3.52. The van der Waals surface area contributed by atoms with Crippen molar-refractivity contribution in [1.29, 1.82) is 5.26 Å². The number of rotatable bonds is 4. The van der Waals surface area contributed by atoms with E-state index in [9.17, 15) is 10.1 Å². The molecule has 1 saturated heterocycles. The van der Waals surface area contributed by atoms with Crippen molar-refractivity contribution in [3.63, 3.8) is 0 Å². The van der Waals surface area contributed by atoms with E-state index in [1.807, 2.05) is 6.07 Å². The topological polar surface area (TPSA) is 82.2 Å². The first-order chi connectivity index (χ1) is 9.11. The van der Waals surface area contributed by atoms with Gasteiger partial charge >= 0.3 is 0 Å². The Labute approximate surface area is 111 Å². The van der Waals surface area contributed by atoms with E-state index in [1.54, 1.807) is 0 Å². The minimum atomic E-state index is -0.429. The van der Waals surface area contributed by atoms with Crippen LogP contribution in [-0.4, -0.2) is 36.0 Å². The molecule has 0 aromatic heterocycles. The Morgan fingerprint density at radius 2 is 2.42 bits per heavy atom. The van der Waals surface area contributed by atoms with Gasteiger partial charge in [-0.15, -0.1) is 0 Å². The molecule has 1 aromatic carbocycles. The molecule has 0 saturated carbocycles. The molecule has 0 aliphatic carbocycles. The predicted octanol–water partition coefficient (Wildman–Crippen LogP) is 1.97. The number of nitrogens with zero attached hydrogens (tertiary/aromatic N) is 3. The average Bonchev–Trinajstić information content (AvgIpc) is 2.81. The third kappa shape index (κ3) is 3.01. The molecule has 1 N–H and O–H groups in total. The Kier molecular flexibility index (Phi) is 3.97. The third-order valence-electron chi connectivity index (χ3n) is 3.52. The van der Waals surface area contributed by atoms with Crippen molar-refractivity contribution in [3.8, 4) is 6.07 Å². The second-order valence-corrected chi connectivity index (χ2v) is 4.76. The van der Waals surface area contributed by atoms with Crippen LogP contribution in [0.25, 0.3) is 0 Å². The van der Waals surface area contributed by atoms with Gasteiger partial charge in [0.1, 0.15) is 5.69 Å². The van der Waals surface area contributed by atoms with Crippen LogP contribution < -0.4 is 5.32 Å². The zero-order valence-corrected chi connectivity index (χ0v) is 10.8. The van der Waals surface area contributed by atoms with E-state index in [-0.39, 0.29) is 5.69 Å². The summed E-state index contributed by atoms with van der Waals surface area (Å²) in [5, 5.41) is 22.9. The lowest BCUT2D eigenvalue weighted by molar-refractivity contribution is -0.384. The van der Waals surface area contributed by atoms with Gasteiger partial charge in [-0.3, -0.25) is 10.1 Å². The standard InChI is InChI=1S/C13H16N4O2/c1-16-6-2-3-11(16)9-15-12-7-10(8-14)4-5-13(12)17(18)19/h4-5,7,11,15H,2-3,6,9H2,1H3. The molecule has 19 heavy (non-hydrogen) atoms. The van der Waals surface area contributed by atoms with Crippen molar-refractivity contribution < 1.29 is 4.92 Å². The Bertz CT molecular complexity index is 524. The highest BCUT2D eigenvalue weighted by Gasteiger charge is 2.22. The zero-order chi connectivity index (χ0) is 13.8. The molecule has 0 radical (unpaired) electrons. The fraction of sp³-hybridized carbons (Fsp3) is 0.462. The van der Waals surface area contributed by atoms with Gasteiger partial charge in [-0.25, -0.2) is 0 Å². The Balaban J connectivity index is 2.13. The maximum absolute atomic E-state index is 11.0. The molecule has 0 amide bonds. The Hall–Kier alpha value is -2.13. The zero-order valence-electron chi connectivity index (χ0n) is 10.8. The molecular weight excluding hydrogens is 244 g/mol. The minimum absolute atomic E-state index is 0.0136. The highest BCUT2D eigenvalue weighted by atomic mass is 16.6. The Morgan fingerprint density at radius 1 is 1.63 bits per heavy atom. The molecule has 1 unspecified atom stereocenters. The van der Waals surface area contributed by atoms with Gasteiger partial charge in [-0.2, -0.15) is 5.26 Å². The summed E-state index contributed by atoms with van der Waals surface area (Å²) in [6.07, 6.45) is 2.25. The van der Waals surface area contributed by atoms with Gasteiger partial charge < -0.3 is 10.2 Å². The fourth-order valence-corrected chi connectivity index (χ4v) is 2.37. The maximum Gasteiger partial charge on any atom is 0.292 e. The van der Waals surface area contributed by atoms with Crippen molar-refractivity contribution in [1.82, 2.24) is 4.90 Å². The summed E-state index contributed by atoms with van der Waals surface area (Å²) >= 11 is 0. The van der Waals surface area contributed by atoms with Crippen molar-refractivity contribution in [2.75, 3.05) is 25.5 Å². The van der Waals surface area contributed by atoms with Gasteiger partial charge in [0.05, 0.1) is 16.6 Å². The second kappa shape index (κ2) is 5.67. The first kappa shape index (κ1) is 13.3. The lowest BCUT2D eigenvalue weighted by atomic mass is 10.1. The first-order valence-corrected chi connectivity index (χ1v) is 6.24. The smallest absolute Gasteiger partial charge is 0.292 e. The van der Waals surface area contributed by atoms with Gasteiger partial charge in [0.25, 0.3) is 5.69 Å². The molecule has 1 aliphatic heterocycles. The monoisotopic (exact) mass is 260 g/mol. The number of nitro benzene ring substituents is 1. The predicted molar refractivity (Wildman–Crippen MR) is 72.0 cm³/mol. The Morgan fingerprint density at radius 3 is 3.00 bits per heavy atom. The van der Waals surface area contributed by atoms with Crippen LogP contribution in [-0.2, 0) is 0 Å². The van der Waals surface area contributed by atoms with Crippen molar-refractivity contribution in [3.05, 3.63) is 33.9 Å². The largest absolute Gasteiger partial charge is 0.378 e. The number of nitrogens with one attached hydrogen (secondary N) is 1. The highest BCUT2D eigenvalue weighted by Crippen LogP contribution is 2.26. The molecule has 0 bridgehead atoms. The molecular formula is C13H16N4O2. The van der Waals surface area contributed by atoms with Crippen LogP contribution in [0.4, 0.5) is 11.4 Å². The van der Waals surface area contributed by atoms with E-state index in [0.717, 1.165) is 19.4 Å². The molecule has 1 aromatic rings. The number of likely N-dealkylation sites (tertiary alicyclic amines) is 1. The average molecular weight is 260 g/mol. The number of benzene rings is 1. The van der Waals surface area contributed by atoms with Gasteiger partial charge in [-0.05, 0) is 38.6 Å². The van der Waals surface area contributed by atoms with Crippen LogP contribution in [0.5, 0.6) is 0 Å². The molecule has 0 spiro atoms. The summed E-state index contributed by atoms with van der Waals surface area (Å²) < 4.78 is 0. The van der Waals surface area contributed by atoms with Gasteiger partial charge in [0, 0.05) is 18.7 Å². The van der Waals surface area contributed by atoms with Crippen LogP contribution in [0.2, 0.25) is 0 Å². The van der Waals surface area contributed by atoms with Crippen molar-refractivity contribution in [2.45, 2.75) is 18.9 Å². The number of anilines is 1. The summed E-state index contributed by atoms with van der Waals surface area (Å²) in [6, 6.07) is 6.76. The van der Waals surface area contributed by atoms with Crippen LogP contribution in [0.15, 0.2) is 18.2 Å². The van der Waals surface area contributed by atoms with Gasteiger partial charge in [0.2, 0.25) is 0 Å². The minimum Gasteiger partial charge on any atom is -0.378 e. The summed E-state index contributed by atoms with van der Waals surface area (Å²) in [5.74, 6) is 0. The number of likely N-dealkylation sites (N-methyl/N-ethyl adjacent to an activating group) is 1. The molecule has 100 valence electrons. The van der Waals surface area contributed by atoms with Crippen LogP contribution in [0.3, 0.4) is 0 Å². The highest BCUT2D eigenvalue weighted by molar-refractivity contribution is 5.64. The second-order valence-electron chi connectivity index (χ2n) is 4.76. The van der Waals surface area contributed by atoms with Crippen molar-refractivity contribution >= 4 is 11.4 Å². The summed E-state index contributed by atoms with van der Waals surface area (Å²) in [7, 11) is 2.06. The summed E-state index contributed by atoms with van der Waals surface area (Å²) in [4.78, 5) is 12.8. The van der Waals surface area contributed by atoms with Crippen molar-refractivity contribution in [2.24, 2.45) is 0 Å². The molecule has 1 aliphatic rings. The summed E-state index contributed by atoms with van der Waals surface area (Å²) in [5.41, 5.74) is 0.858. The number of hydrogen-bond acceptors (Lipinski definition) is 5. The quantitative estimate of drug-likeness (QED) is 0.661. The number of hydrogen-bond donors (Lipinski definition) is 1. The lowest BCUT2D eigenvalue weighted by Gasteiger charge is -2.20. The maximum atomic E-state index is 11.0. The van der Waals surface area contributed by atoms with E-state index in [4.69, 9.17) is 5.26 Å². The molecule has 1 heterocycles. The normalized spacial score (nSPS) is 19.1. The van der Waals surface area contributed by atoms with E-state index < -0.39 is 4.92 Å². The lowest BCUT2D eigenvalue weighted by Crippen LogP contribution is -2.31. The first-order valence-electron chi connectivity index (χ1n) is 6.24. The van der Waals surface area contributed by atoms with Crippen LogP contribution >= 0.6 is 0 Å². The van der Waals surface area contributed by atoms with E-state index in [1.165, 1.54) is 18.2 Å². The van der Waals surface area contributed by atoms with Gasteiger partial charge in [-0.1, -0.05) is 0 Å². The van der Waals surface area contributed by atoms with Crippen LogP contribution in [0.1, 0.15) is 18.4 Å². The van der Waals surface area contributed by atoms with E-state index in [0.29, 0.717) is 23.8 Å². The number of nitriles is 1. The molecule has 1 fully saturated rings. The number of nitro groups is 1. The van der Waals surface area contributed by atoms with E-state index >= 15 is 0 Å². The van der Waals surface area contributed by atoms with Crippen LogP contribution in [0, 0.1) is 21.4 Å². The van der Waals surface area contributed by atoms with E-state index in [2.05, 4.69) is 17.3 Å². The molecule has 2 rings (SSSR count). The fourth-order valence-electron chi connectivity index (χ4n) is 2.37. The van der Waals surface area contributed by atoms with Gasteiger partial charge in [0.15, 0.2) is 0 Å². The molecule has 1 atom stereocenters. The summed E-state index contributed by atoms with van der Waals surface area (Å²) in [6.45, 7) is 1.72.